The molecule has 0 aromatic heterocycles. The van der Waals surface area contributed by atoms with Crippen LogP contribution in [0.25, 0.3) is 0 Å². The summed E-state index contributed by atoms with van der Waals surface area (Å²) < 4.78 is 4.93. The average Bonchev–Trinajstić information content (AvgIpc) is 2.30. The van der Waals surface area contributed by atoms with E-state index in [1.54, 1.807) is 0 Å². The molecule has 3 nitrogen and oxygen atoms in total. The number of carbonyl (C=O) groups excluding carboxylic acids is 1. The van der Waals surface area contributed by atoms with Crippen molar-refractivity contribution in [2.24, 2.45) is 5.92 Å². The first-order chi connectivity index (χ1) is 7.77. The van der Waals surface area contributed by atoms with Crippen LogP contribution in [0.3, 0.4) is 0 Å². The summed E-state index contributed by atoms with van der Waals surface area (Å²) in [6, 6.07) is 0.205. The van der Waals surface area contributed by atoms with E-state index in [1.807, 2.05) is 13.0 Å². The molecule has 0 saturated heterocycles. The van der Waals surface area contributed by atoms with Crippen molar-refractivity contribution in [2.75, 3.05) is 6.61 Å². The topological polar surface area (TPSA) is 38.3 Å². The van der Waals surface area contributed by atoms with Crippen molar-refractivity contribution >= 4 is 6.09 Å². The van der Waals surface area contributed by atoms with Crippen LogP contribution in [0.4, 0.5) is 4.79 Å². The van der Waals surface area contributed by atoms with Gasteiger partial charge >= 0.3 is 6.09 Å². The van der Waals surface area contributed by atoms with Crippen LogP contribution in [0.15, 0.2) is 12.7 Å². The van der Waals surface area contributed by atoms with Crippen molar-refractivity contribution in [2.45, 2.75) is 51.5 Å². The molecule has 1 amide bonds. The van der Waals surface area contributed by atoms with Gasteiger partial charge in [-0.3, -0.25) is 0 Å². The average molecular weight is 225 g/mol. The third-order valence-corrected chi connectivity index (χ3v) is 3.22. The first kappa shape index (κ1) is 13.1. The molecule has 0 spiro atoms. The number of nitrogens with one attached hydrogen (secondary N) is 1. The molecule has 1 saturated carbocycles. The molecule has 1 fully saturated rings. The molecular formula is C13H23NO2. The van der Waals surface area contributed by atoms with Gasteiger partial charge in [0.1, 0.15) is 0 Å². The second-order valence-electron chi connectivity index (χ2n) is 4.39. The number of rotatable bonds is 5. The molecule has 0 heterocycles. The lowest BCUT2D eigenvalue weighted by atomic mass is 9.83. The van der Waals surface area contributed by atoms with Gasteiger partial charge in [-0.15, -0.1) is 6.58 Å². The summed E-state index contributed by atoms with van der Waals surface area (Å²) in [7, 11) is 0. The van der Waals surface area contributed by atoms with E-state index < -0.39 is 0 Å². The minimum absolute atomic E-state index is 0.205. The SMILES string of the molecule is C=CCC(NC(=O)OCC)C1CCCCC1. The van der Waals surface area contributed by atoms with Gasteiger partial charge in [-0.1, -0.05) is 25.3 Å². The van der Waals surface area contributed by atoms with Gasteiger partial charge in [0.25, 0.3) is 0 Å². The molecule has 3 heteroatoms. The predicted molar refractivity (Wildman–Crippen MR) is 65.3 cm³/mol. The maximum Gasteiger partial charge on any atom is 0.407 e. The van der Waals surface area contributed by atoms with Crippen LogP contribution in [0.1, 0.15) is 45.4 Å². The molecule has 0 radical (unpaired) electrons. The Balaban J connectivity index is 2.44. The Morgan fingerprint density at radius 2 is 2.19 bits per heavy atom. The highest BCUT2D eigenvalue weighted by atomic mass is 16.5. The molecule has 0 aromatic rings. The molecule has 16 heavy (non-hydrogen) atoms. The molecule has 0 bridgehead atoms. The van der Waals surface area contributed by atoms with E-state index in [0.29, 0.717) is 12.5 Å². The fourth-order valence-corrected chi connectivity index (χ4v) is 2.41. The molecule has 1 unspecified atom stereocenters. The largest absolute Gasteiger partial charge is 0.450 e. The molecule has 0 aliphatic heterocycles. The molecule has 1 atom stereocenters. The molecular weight excluding hydrogens is 202 g/mol. The number of hydrogen-bond donors (Lipinski definition) is 1. The van der Waals surface area contributed by atoms with E-state index in [2.05, 4.69) is 11.9 Å². The lowest BCUT2D eigenvalue weighted by molar-refractivity contribution is 0.140. The van der Waals surface area contributed by atoms with Crippen LogP contribution in [-0.4, -0.2) is 18.7 Å². The van der Waals surface area contributed by atoms with Crippen LogP contribution < -0.4 is 5.32 Å². The summed E-state index contributed by atoms with van der Waals surface area (Å²) in [5.74, 6) is 0.594. The molecule has 1 N–H and O–H groups in total. The Morgan fingerprint density at radius 1 is 1.50 bits per heavy atom. The van der Waals surface area contributed by atoms with Gasteiger partial charge in [0.2, 0.25) is 0 Å². The first-order valence-electron chi connectivity index (χ1n) is 6.32. The second-order valence-corrected chi connectivity index (χ2v) is 4.39. The van der Waals surface area contributed by atoms with Crippen molar-refractivity contribution in [3.8, 4) is 0 Å². The number of amides is 1. The number of carbonyl (C=O) groups is 1. The standard InChI is InChI=1S/C13H23NO2/c1-3-8-12(14-13(15)16-4-2)11-9-6-5-7-10-11/h3,11-12H,1,4-10H2,2H3,(H,14,15). The lowest BCUT2D eigenvalue weighted by Crippen LogP contribution is -2.41. The van der Waals surface area contributed by atoms with Crippen molar-refractivity contribution in [3.05, 3.63) is 12.7 Å². The maximum atomic E-state index is 11.4. The molecule has 92 valence electrons. The maximum absolute atomic E-state index is 11.4. The number of hydrogen-bond acceptors (Lipinski definition) is 2. The van der Waals surface area contributed by atoms with Gasteiger partial charge in [0, 0.05) is 6.04 Å². The van der Waals surface area contributed by atoms with Gasteiger partial charge in [0.05, 0.1) is 6.61 Å². The second kappa shape index (κ2) is 7.31. The van der Waals surface area contributed by atoms with Gasteiger partial charge < -0.3 is 10.1 Å². The smallest absolute Gasteiger partial charge is 0.407 e. The van der Waals surface area contributed by atoms with Crippen molar-refractivity contribution in [3.63, 3.8) is 0 Å². The Kier molecular flexibility index (Phi) is 5.98. The van der Waals surface area contributed by atoms with Crippen LogP contribution >= 0.6 is 0 Å². The van der Waals surface area contributed by atoms with Crippen molar-refractivity contribution in [1.82, 2.24) is 5.32 Å². The van der Waals surface area contributed by atoms with E-state index in [1.165, 1.54) is 32.1 Å². The fourth-order valence-electron chi connectivity index (χ4n) is 2.41. The molecule has 1 rings (SSSR count). The minimum atomic E-state index is -0.292. The van der Waals surface area contributed by atoms with Gasteiger partial charge in [-0.25, -0.2) is 4.79 Å². The highest BCUT2D eigenvalue weighted by Gasteiger charge is 2.24. The predicted octanol–water partition coefficient (Wildman–Crippen LogP) is 3.26. The fraction of sp³-hybridized carbons (Fsp3) is 0.769. The Labute approximate surface area is 98.2 Å². The van der Waals surface area contributed by atoms with E-state index in [0.717, 1.165) is 6.42 Å². The zero-order chi connectivity index (χ0) is 11.8. The molecule has 1 aliphatic carbocycles. The zero-order valence-electron chi connectivity index (χ0n) is 10.2. The lowest BCUT2D eigenvalue weighted by Gasteiger charge is -2.29. The highest BCUT2D eigenvalue weighted by Crippen LogP contribution is 2.27. The number of ether oxygens (including phenoxy) is 1. The highest BCUT2D eigenvalue weighted by molar-refractivity contribution is 5.67. The summed E-state index contributed by atoms with van der Waals surface area (Å²) in [6.45, 7) is 6.01. The quantitative estimate of drug-likeness (QED) is 0.729. The van der Waals surface area contributed by atoms with Gasteiger partial charge in [-0.2, -0.15) is 0 Å². The van der Waals surface area contributed by atoms with E-state index in [4.69, 9.17) is 4.74 Å². The van der Waals surface area contributed by atoms with Crippen LogP contribution in [0.2, 0.25) is 0 Å². The van der Waals surface area contributed by atoms with Gasteiger partial charge in [-0.05, 0) is 32.1 Å². The summed E-state index contributed by atoms with van der Waals surface area (Å²) in [6.07, 6.45) is 8.74. The van der Waals surface area contributed by atoms with Crippen LogP contribution in [-0.2, 0) is 4.74 Å². The third kappa shape index (κ3) is 4.25. The normalized spacial score (nSPS) is 18.8. The number of alkyl carbamates (subject to hydrolysis) is 1. The third-order valence-electron chi connectivity index (χ3n) is 3.22. The van der Waals surface area contributed by atoms with Crippen LogP contribution in [0.5, 0.6) is 0 Å². The Hall–Kier alpha value is -0.990. The van der Waals surface area contributed by atoms with E-state index in [-0.39, 0.29) is 12.1 Å². The summed E-state index contributed by atoms with van der Waals surface area (Å²) in [4.78, 5) is 11.4. The molecule has 0 aromatic carbocycles. The summed E-state index contributed by atoms with van der Waals surface area (Å²) >= 11 is 0. The van der Waals surface area contributed by atoms with Crippen molar-refractivity contribution in [1.29, 1.82) is 0 Å². The van der Waals surface area contributed by atoms with Gasteiger partial charge in [0.15, 0.2) is 0 Å². The summed E-state index contributed by atoms with van der Waals surface area (Å²) in [5.41, 5.74) is 0. The molecule has 1 aliphatic rings. The Bertz CT molecular complexity index is 222. The monoisotopic (exact) mass is 225 g/mol. The summed E-state index contributed by atoms with van der Waals surface area (Å²) in [5, 5.41) is 2.96. The zero-order valence-corrected chi connectivity index (χ0v) is 10.2. The first-order valence-corrected chi connectivity index (χ1v) is 6.32. The van der Waals surface area contributed by atoms with Crippen molar-refractivity contribution < 1.29 is 9.53 Å². The van der Waals surface area contributed by atoms with E-state index in [9.17, 15) is 4.79 Å². The minimum Gasteiger partial charge on any atom is -0.450 e. The van der Waals surface area contributed by atoms with E-state index >= 15 is 0 Å². The Morgan fingerprint density at radius 3 is 2.75 bits per heavy atom. The van der Waals surface area contributed by atoms with Crippen LogP contribution in [0, 0.1) is 5.92 Å².